The van der Waals surface area contributed by atoms with Gasteiger partial charge in [0.25, 0.3) is 0 Å². The molecule has 0 radical (unpaired) electrons. The summed E-state index contributed by atoms with van der Waals surface area (Å²) < 4.78 is 10.9. The Morgan fingerprint density at radius 1 is 1.42 bits per heavy atom. The molecule has 0 unspecified atom stereocenters. The van der Waals surface area contributed by atoms with E-state index in [0.717, 1.165) is 51.6 Å². The first-order chi connectivity index (χ1) is 12.5. The van der Waals surface area contributed by atoms with Crippen LogP contribution in [0.4, 0.5) is 0 Å². The van der Waals surface area contributed by atoms with E-state index in [1.54, 1.807) is 6.07 Å². The van der Waals surface area contributed by atoms with E-state index in [-0.39, 0.29) is 29.9 Å². The molecule has 1 aromatic heterocycles. The molecule has 2 N–H and O–H groups in total. The zero-order valence-electron chi connectivity index (χ0n) is 15.4. The van der Waals surface area contributed by atoms with Crippen molar-refractivity contribution in [2.45, 2.75) is 69.6 Å². The molecule has 0 bridgehead atoms. The Balaban J connectivity index is 1.72. The molecule has 0 aliphatic carbocycles. The third-order valence-electron chi connectivity index (χ3n) is 4.87. The number of unbranched alkanes of at least 4 members (excludes halogenated alkanes) is 2. The highest BCUT2D eigenvalue weighted by Crippen LogP contribution is 2.24. The maximum atomic E-state index is 10.8. The lowest BCUT2D eigenvalue weighted by Gasteiger charge is -2.26. The topological polar surface area (TPSA) is 83.1 Å². The molecular weight excluding hydrogens is 358 g/mol. The van der Waals surface area contributed by atoms with Gasteiger partial charge >= 0.3 is 5.97 Å². The lowest BCUT2D eigenvalue weighted by molar-refractivity contribution is 0.0495. The number of aliphatic hydroxyl groups is 1. The number of likely N-dealkylation sites (tertiary alicyclic amines) is 1. The third-order valence-corrected chi connectivity index (χ3v) is 5.38. The monoisotopic (exact) mass is 387 g/mol. The van der Waals surface area contributed by atoms with Gasteiger partial charge in [-0.05, 0) is 31.4 Å². The first-order valence-corrected chi connectivity index (χ1v) is 9.90. The van der Waals surface area contributed by atoms with E-state index < -0.39 is 5.97 Å². The predicted octanol–water partition coefficient (Wildman–Crippen LogP) is 3.51. The average Bonchev–Trinajstić information content (AvgIpc) is 3.21. The number of aromatic carboxylic acids is 1. The summed E-state index contributed by atoms with van der Waals surface area (Å²) >= 11 is 6.43. The number of hydrogen-bond acceptors (Lipinski definition) is 5. The molecule has 0 aromatic carbocycles. The number of carbonyl (C=O) groups is 1. The van der Waals surface area contributed by atoms with Crippen LogP contribution in [0.5, 0.6) is 0 Å². The van der Waals surface area contributed by atoms with Gasteiger partial charge < -0.3 is 19.4 Å². The molecule has 6 nitrogen and oxygen atoms in total. The molecule has 3 atom stereocenters. The first kappa shape index (κ1) is 21.2. The Labute approximate surface area is 160 Å². The number of nitrogens with zero attached hydrogens (tertiary/aromatic N) is 1. The Bertz CT molecular complexity index is 550. The van der Waals surface area contributed by atoms with Crippen LogP contribution in [0.15, 0.2) is 16.5 Å². The Morgan fingerprint density at radius 2 is 2.23 bits per heavy atom. The fourth-order valence-electron chi connectivity index (χ4n) is 3.30. The minimum absolute atomic E-state index is 0.0263. The summed E-state index contributed by atoms with van der Waals surface area (Å²) in [6.45, 7) is 4.57. The van der Waals surface area contributed by atoms with E-state index >= 15 is 0 Å². The van der Waals surface area contributed by atoms with Gasteiger partial charge in [0.15, 0.2) is 0 Å². The van der Waals surface area contributed by atoms with Crippen LogP contribution in [-0.4, -0.2) is 58.3 Å². The van der Waals surface area contributed by atoms with Crippen molar-refractivity contribution < 1.29 is 24.2 Å². The molecule has 1 fully saturated rings. The molecule has 1 saturated heterocycles. The minimum atomic E-state index is -1.09. The van der Waals surface area contributed by atoms with Gasteiger partial charge in [0.1, 0.15) is 12.4 Å². The fourth-order valence-corrected chi connectivity index (χ4v) is 3.63. The van der Waals surface area contributed by atoms with Crippen LogP contribution in [0, 0.1) is 0 Å². The molecule has 1 aromatic rings. The fraction of sp³-hybridized carbons (Fsp3) is 0.737. The molecule has 148 valence electrons. The third kappa shape index (κ3) is 6.58. The number of halogens is 1. The van der Waals surface area contributed by atoms with Crippen LogP contribution in [-0.2, 0) is 11.3 Å². The second-order valence-electron chi connectivity index (χ2n) is 6.93. The van der Waals surface area contributed by atoms with E-state index in [0.29, 0.717) is 12.4 Å². The molecule has 0 saturated carbocycles. The average molecular weight is 388 g/mol. The molecule has 7 heteroatoms. The van der Waals surface area contributed by atoms with E-state index in [4.69, 9.17) is 25.9 Å². The Hall–Kier alpha value is -1.08. The van der Waals surface area contributed by atoms with Gasteiger partial charge in [-0.25, -0.2) is 4.79 Å². The van der Waals surface area contributed by atoms with Crippen molar-refractivity contribution in [3.8, 4) is 0 Å². The van der Waals surface area contributed by atoms with Gasteiger partial charge in [0.2, 0.25) is 5.76 Å². The summed E-state index contributed by atoms with van der Waals surface area (Å²) in [5.74, 6) is -0.681. The van der Waals surface area contributed by atoms with Crippen LogP contribution in [0.1, 0.15) is 61.8 Å². The largest absolute Gasteiger partial charge is 0.475 e. The van der Waals surface area contributed by atoms with Crippen molar-refractivity contribution >= 4 is 17.6 Å². The number of alkyl halides is 1. The van der Waals surface area contributed by atoms with Crippen molar-refractivity contribution in [2.24, 2.45) is 0 Å². The van der Waals surface area contributed by atoms with Crippen LogP contribution in [0.3, 0.4) is 0 Å². The highest BCUT2D eigenvalue weighted by Gasteiger charge is 2.32. The van der Waals surface area contributed by atoms with Crippen LogP contribution < -0.4 is 0 Å². The molecular formula is C19H30ClNO5. The highest BCUT2D eigenvalue weighted by molar-refractivity contribution is 6.21. The van der Waals surface area contributed by atoms with Crippen molar-refractivity contribution in [3.05, 3.63) is 23.7 Å². The molecule has 0 amide bonds. The van der Waals surface area contributed by atoms with Crippen LogP contribution >= 0.6 is 11.6 Å². The van der Waals surface area contributed by atoms with E-state index in [2.05, 4.69) is 11.8 Å². The summed E-state index contributed by atoms with van der Waals surface area (Å²) in [6.07, 6.45) is 5.67. The summed E-state index contributed by atoms with van der Waals surface area (Å²) in [7, 11) is 0. The summed E-state index contributed by atoms with van der Waals surface area (Å²) in [6, 6.07) is 3.14. The summed E-state index contributed by atoms with van der Waals surface area (Å²) in [5, 5.41) is 19.0. The number of carboxylic acids is 1. The second-order valence-corrected chi connectivity index (χ2v) is 7.49. The van der Waals surface area contributed by atoms with Crippen LogP contribution in [0.2, 0.25) is 0 Å². The lowest BCUT2D eigenvalue weighted by atomic mass is 10.1. The van der Waals surface area contributed by atoms with E-state index in [1.807, 2.05) is 0 Å². The highest BCUT2D eigenvalue weighted by atomic mass is 35.5. The SMILES string of the molecule is CCCCC[C@@H](O)CCN1CC[C@@H](Cl)[C@@H]1COCc1ccc(C(=O)O)o1. The molecule has 2 heterocycles. The number of hydrogen-bond donors (Lipinski definition) is 2. The summed E-state index contributed by atoms with van der Waals surface area (Å²) in [5.41, 5.74) is 0. The van der Waals surface area contributed by atoms with Gasteiger partial charge in [0.05, 0.1) is 18.1 Å². The number of furan rings is 1. The maximum Gasteiger partial charge on any atom is 0.371 e. The normalized spacial score (nSPS) is 22.0. The van der Waals surface area contributed by atoms with Gasteiger partial charge in [0, 0.05) is 19.1 Å². The molecule has 1 aliphatic rings. The standard InChI is InChI=1S/C19H30ClNO5/c1-2-3-4-5-14(22)8-10-21-11-9-16(20)17(21)13-25-12-15-6-7-18(26-15)19(23)24/h6-7,14,16-17,22H,2-5,8-13H2,1H3,(H,23,24)/t14-,16-,17+/m1/s1. The van der Waals surface area contributed by atoms with Crippen molar-refractivity contribution in [3.63, 3.8) is 0 Å². The number of ether oxygens (including phenoxy) is 1. The minimum Gasteiger partial charge on any atom is -0.475 e. The molecule has 1 aliphatic heterocycles. The smallest absolute Gasteiger partial charge is 0.371 e. The van der Waals surface area contributed by atoms with Crippen molar-refractivity contribution in [1.82, 2.24) is 4.90 Å². The number of rotatable bonds is 12. The molecule has 0 spiro atoms. The predicted molar refractivity (Wildman–Crippen MR) is 99.7 cm³/mol. The van der Waals surface area contributed by atoms with Crippen molar-refractivity contribution in [2.75, 3.05) is 19.7 Å². The quantitative estimate of drug-likeness (QED) is 0.422. The van der Waals surface area contributed by atoms with Gasteiger partial charge in [-0.1, -0.05) is 26.2 Å². The zero-order chi connectivity index (χ0) is 18.9. The van der Waals surface area contributed by atoms with Gasteiger partial charge in [-0.15, -0.1) is 11.6 Å². The van der Waals surface area contributed by atoms with Crippen LogP contribution in [0.25, 0.3) is 0 Å². The molecule has 26 heavy (non-hydrogen) atoms. The number of aliphatic hydroxyl groups excluding tert-OH is 1. The Morgan fingerprint density at radius 3 is 2.92 bits per heavy atom. The first-order valence-electron chi connectivity index (χ1n) is 9.47. The van der Waals surface area contributed by atoms with E-state index in [9.17, 15) is 9.90 Å². The second kappa shape index (κ2) is 10.9. The van der Waals surface area contributed by atoms with Gasteiger partial charge in [-0.2, -0.15) is 0 Å². The lowest BCUT2D eigenvalue weighted by Crippen LogP contribution is -2.38. The Kier molecular flexibility index (Phi) is 8.91. The zero-order valence-corrected chi connectivity index (χ0v) is 16.2. The van der Waals surface area contributed by atoms with Gasteiger partial charge in [-0.3, -0.25) is 4.90 Å². The maximum absolute atomic E-state index is 10.8. The van der Waals surface area contributed by atoms with E-state index in [1.165, 1.54) is 6.07 Å². The number of carboxylic acid groups (broad SMARTS) is 1. The molecule has 2 rings (SSSR count). The summed E-state index contributed by atoms with van der Waals surface area (Å²) in [4.78, 5) is 13.1. The van der Waals surface area contributed by atoms with Crippen molar-refractivity contribution in [1.29, 1.82) is 0 Å².